The van der Waals surface area contributed by atoms with Crippen LogP contribution in [0.1, 0.15) is 50.7 Å². The second kappa shape index (κ2) is 5.92. The lowest BCUT2D eigenvalue weighted by Crippen LogP contribution is -2.03. The van der Waals surface area contributed by atoms with E-state index in [1.807, 2.05) is 0 Å². The van der Waals surface area contributed by atoms with Crippen molar-refractivity contribution < 1.29 is 0 Å². The summed E-state index contributed by atoms with van der Waals surface area (Å²) in [6.45, 7) is 8.97. The zero-order chi connectivity index (χ0) is 13.8. The molecule has 0 aromatic heterocycles. The third-order valence-electron chi connectivity index (χ3n) is 3.44. The maximum atomic E-state index is 3.52. The molecular formula is C18H23N. The Morgan fingerprint density at radius 2 is 1.42 bits per heavy atom. The molecule has 0 heterocycles. The van der Waals surface area contributed by atoms with Crippen molar-refractivity contribution in [2.45, 2.75) is 39.5 Å². The van der Waals surface area contributed by atoms with E-state index in [2.05, 4.69) is 81.7 Å². The van der Waals surface area contributed by atoms with Crippen molar-refractivity contribution in [3.05, 3.63) is 65.4 Å². The fraction of sp³-hybridized carbons (Fsp3) is 0.333. The van der Waals surface area contributed by atoms with Gasteiger partial charge in [-0.3, -0.25) is 0 Å². The third kappa shape index (κ3) is 3.17. The number of hydrogen-bond acceptors (Lipinski definition) is 1. The molecule has 100 valence electrons. The van der Waals surface area contributed by atoms with E-state index in [9.17, 15) is 0 Å². The summed E-state index contributed by atoms with van der Waals surface area (Å²) < 4.78 is 0. The summed E-state index contributed by atoms with van der Waals surface area (Å²) in [7, 11) is 0. The van der Waals surface area contributed by atoms with Crippen LogP contribution in [-0.2, 0) is 0 Å². The average molecular weight is 253 g/mol. The summed E-state index contributed by atoms with van der Waals surface area (Å²) in [6.07, 6.45) is 10.4. The number of allylic oxidation sites excluding steroid dienone is 5. The zero-order valence-corrected chi connectivity index (χ0v) is 12.3. The molecule has 0 atom stereocenters. The highest BCUT2D eigenvalue weighted by atomic mass is 14.9. The summed E-state index contributed by atoms with van der Waals surface area (Å²) in [4.78, 5) is 0. The molecule has 0 saturated heterocycles. The smallest absolute Gasteiger partial charge is 0.0450 e. The molecule has 0 bridgehead atoms. The number of nitrogens with one attached hydrogen (secondary N) is 1. The standard InChI is InChI=1S/C18H23N/c1-13(2)16-10-7-11-17(14(3)4)18(16)19-12-15-8-5-6-9-15/h5-14,19H,1-4H3. The highest BCUT2D eigenvalue weighted by molar-refractivity contribution is 5.62. The van der Waals surface area contributed by atoms with Gasteiger partial charge in [-0.25, -0.2) is 0 Å². The quantitative estimate of drug-likeness (QED) is 0.762. The molecule has 1 aliphatic rings. The van der Waals surface area contributed by atoms with Crippen molar-refractivity contribution in [1.29, 1.82) is 0 Å². The molecule has 2 rings (SSSR count). The Labute approximate surface area is 116 Å². The first kappa shape index (κ1) is 13.7. The lowest BCUT2D eigenvalue weighted by Gasteiger charge is -2.19. The fourth-order valence-electron chi connectivity index (χ4n) is 2.36. The van der Waals surface area contributed by atoms with Crippen LogP contribution in [0.5, 0.6) is 0 Å². The van der Waals surface area contributed by atoms with Crippen LogP contribution < -0.4 is 5.32 Å². The van der Waals surface area contributed by atoms with Crippen molar-refractivity contribution in [3.63, 3.8) is 0 Å². The third-order valence-corrected chi connectivity index (χ3v) is 3.44. The second-order valence-electron chi connectivity index (χ2n) is 5.63. The number of para-hydroxylation sites is 1. The molecule has 0 amide bonds. The molecule has 1 aromatic rings. The highest BCUT2D eigenvalue weighted by Gasteiger charge is 2.12. The monoisotopic (exact) mass is 253 g/mol. The van der Waals surface area contributed by atoms with Gasteiger partial charge in [-0.15, -0.1) is 0 Å². The molecule has 0 saturated carbocycles. The van der Waals surface area contributed by atoms with Gasteiger partial charge in [-0.1, -0.05) is 70.2 Å². The first-order valence-corrected chi connectivity index (χ1v) is 7.04. The summed E-state index contributed by atoms with van der Waals surface area (Å²) in [5.41, 5.74) is 5.25. The van der Waals surface area contributed by atoms with Gasteiger partial charge in [0, 0.05) is 11.9 Å². The van der Waals surface area contributed by atoms with Gasteiger partial charge in [0.1, 0.15) is 0 Å². The molecule has 1 N–H and O–H groups in total. The van der Waals surface area contributed by atoms with Gasteiger partial charge in [0.25, 0.3) is 0 Å². The van der Waals surface area contributed by atoms with E-state index in [0.29, 0.717) is 11.8 Å². The predicted molar refractivity (Wildman–Crippen MR) is 84.6 cm³/mol. The van der Waals surface area contributed by atoms with E-state index >= 15 is 0 Å². The van der Waals surface area contributed by atoms with Crippen molar-refractivity contribution in [1.82, 2.24) is 0 Å². The van der Waals surface area contributed by atoms with E-state index in [1.54, 1.807) is 0 Å². The first-order chi connectivity index (χ1) is 9.09. The van der Waals surface area contributed by atoms with E-state index in [4.69, 9.17) is 0 Å². The minimum atomic E-state index is 0.522. The van der Waals surface area contributed by atoms with Crippen LogP contribution in [0.15, 0.2) is 54.3 Å². The largest absolute Gasteiger partial charge is 0.361 e. The Balaban J connectivity index is 2.37. The summed E-state index contributed by atoms with van der Waals surface area (Å²) in [6, 6.07) is 6.60. The molecular weight excluding hydrogens is 230 g/mol. The van der Waals surface area contributed by atoms with Crippen molar-refractivity contribution >= 4 is 5.69 Å². The minimum absolute atomic E-state index is 0.522. The van der Waals surface area contributed by atoms with E-state index in [-0.39, 0.29) is 0 Å². The van der Waals surface area contributed by atoms with Crippen molar-refractivity contribution in [3.8, 4) is 0 Å². The lowest BCUT2D eigenvalue weighted by atomic mass is 9.93. The minimum Gasteiger partial charge on any atom is -0.361 e. The molecule has 1 aliphatic carbocycles. The van der Waals surface area contributed by atoms with Gasteiger partial charge in [-0.05, 0) is 28.5 Å². The van der Waals surface area contributed by atoms with Gasteiger partial charge in [-0.2, -0.15) is 0 Å². The van der Waals surface area contributed by atoms with Gasteiger partial charge < -0.3 is 5.32 Å². The number of benzene rings is 1. The van der Waals surface area contributed by atoms with Crippen LogP contribution in [0, 0.1) is 0 Å². The number of hydrogen-bond donors (Lipinski definition) is 1. The SMILES string of the molecule is CC(C)c1cccc(C(C)C)c1NC=C1C=CC=C1. The molecule has 19 heavy (non-hydrogen) atoms. The Morgan fingerprint density at radius 1 is 0.895 bits per heavy atom. The molecule has 0 radical (unpaired) electrons. The molecule has 0 spiro atoms. The van der Waals surface area contributed by atoms with Gasteiger partial charge >= 0.3 is 0 Å². The maximum absolute atomic E-state index is 3.52. The van der Waals surface area contributed by atoms with Crippen LogP contribution in [-0.4, -0.2) is 0 Å². The van der Waals surface area contributed by atoms with Crippen molar-refractivity contribution in [2.75, 3.05) is 5.32 Å². The van der Waals surface area contributed by atoms with Crippen LogP contribution in [0.4, 0.5) is 5.69 Å². The van der Waals surface area contributed by atoms with E-state index in [0.717, 1.165) is 0 Å². The molecule has 0 unspecified atom stereocenters. The zero-order valence-electron chi connectivity index (χ0n) is 12.3. The van der Waals surface area contributed by atoms with E-state index in [1.165, 1.54) is 22.4 Å². The van der Waals surface area contributed by atoms with Gasteiger partial charge in [0.2, 0.25) is 0 Å². The second-order valence-corrected chi connectivity index (χ2v) is 5.63. The Kier molecular flexibility index (Phi) is 4.26. The number of rotatable bonds is 4. The van der Waals surface area contributed by atoms with E-state index < -0.39 is 0 Å². The number of anilines is 1. The van der Waals surface area contributed by atoms with Gasteiger partial charge in [0.05, 0.1) is 0 Å². The fourth-order valence-corrected chi connectivity index (χ4v) is 2.36. The Bertz CT molecular complexity index is 490. The lowest BCUT2D eigenvalue weighted by molar-refractivity contribution is 0.838. The summed E-state index contributed by atoms with van der Waals surface area (Å²) in [5.74, 6) is 1.04. The van der Waals surface area contributed by atoms with Crippen LogP contribution >= 0.6 is 0 Å². The predicted octanol–water partition coefficient (Wildman–Crippen LogP) is 5.36. The molecule has 1 nitrogen and oxygen atoms in total. The van der Waals surface area contributed by atoms with Crippen molar-refractivity contribution in [2.24, 2.45) is 0 Å². The Morgan fingerprint density at radius 3 is 1.89 bits per heavy atom. The topological polar surface area (TPSA) is 12.0 Å². The summed E-state index contributed by atoms with van der Waals surface area (Å²) >= 11 is 0. The Hall–Kier alpha value is -1.76. The first-order valence-electron chi connectivity index (χ1n) is 7.04. The van der Waals surface area contributed by atoms with Crippen LogP contribution in [0.25, 0.3) is 0 Å². The molecule has 0 fully saturated rings. The molecule has 0 aliphatic heterocycles. The molecule has 1 aromatic carbocycles. The van der Waals surface area contributed by atoms with Crippen LogP contribution in [0.3, 0.4) is 0 Å². The maximum Gasteiger partial charge on any atom is 0.0450 e. The van der Waals surface area contributed by atoms with Crippen LogP contribution in [0.2, 0.25) is 0 Å². The highest BCUT2D eigenvalue weighted by Crippen LogP contribution is 2.32. The molecule has 1 heteroatoms. The summed E-state index contributed by atoms with van der Waals surface area (Å²) in [5, 5.41) is 3.52. The van der Waals surface area contributed by atoms with Gasteiger partial charge in [0.15, 0.2) is 0 Å². The average Bonchev–Trinajstić information content (AvgIpc) is 2.88. The normalized spacial score (nSPS) is 13.7.